The fraction of sp³-hybridized carbons (Fsp3) is 0.182. The lowest BCUT2D eigenvalue weighted by molar-refractivity contribution is -0.203. The topological polar surface area (TPSA) is 314 Å². The number of phenols is 1. The quantitative estimate of drug-likeness (QED) is 0.126. The normalized spacial score (nSPS) is 42.5. The van der Waals surface area contributed by atoms with Crippen LogP contribution in [0.2, 0.25) is 0 Å². The van der Waals surface area contributed by atoms with E-state index in [4.69, 9.17) is 38.1 Å². The number of ether oxygens (including phenoxy) is 4. The van der Waals surface area contributed by atoms with Crippen molar-refractivity contribution in [3.63, 3.8) is 0 Å². The van der Waals surface area contributed by atoms with E-state index in [9.17, 15) is 40.2 Å². The van der Waals surface area contributed by atoms with Crippen LogP contribution in [0.25, 0.3) is 47.3 Å². The molecule has 5 fully saturated rings. The van der Waals surface area contributed by atoms with Crippen LogP contribution < -0.4 is 20.9 Å². The Balaban J connectivity index is 0.000000737. The molecule has 1 unspecified atom stereocenters. The number of aliphatic carboxylic acids is 1. The van der Waals surface area contributed by atoms with Crippen LogP contribution in [-0.2, 0) is 82.1 Å². The summed E-state index contributed by atoms with van der Waals surface area (Å²) in [6.45, 7) is 0. The minimum atomic E-state index is -2.65. The molecule has 0 radical (unpaired) electrons. The van der Waals surface area contributed by atoms with E-state index in [-0.39, 0.29) is 78.4 Å². The monoisotopic (exact) mass is 1100 g/mol. The molecule has 26 rings (SSSR count). The van der Waals surface area contributed by atoms with Gasteiger partial charge in [0.25, 0.3) is 0 Å². The number of carboxylic acids is 2. The summed E-state index contributed by atoms with van der Waals surface area (Å²) in [6.07, 6.45) is 20.7. The number of epoxide rings is 4. The van der Waals surface area contributed by atoms with Crippen molar-refractivity contribution in [1.29, 1.82) is 0 Å². The lowest BCUT2D eigenvalue weighted by Gasteiger charge is -2.66. The molecule has 4 saturated heterocycles. The maximum absolute atomic E-state index is 15.3. The predicted octanol–water partition coefficient (Wildman–Crippen LogP) is 0.337. The van der Waals surface area contributed by atoms with Crippen molar-refractivity contribution in [3.8, 4) is 5.75 Å². The first kappa shape index (κ1) is 42.3. The van der Waals surface area contributed by atoms with Gasteiger partial charge < -0.3 is 59.8 Å². The van der Waals surface area contributed by atoms with Gasteiger partial charge >= 0.3 is 24.2 Å². The van der Waals surface area contributed by atoms with Crippen molar-refractivity contribution in [1.82, 2.24) is 0 Å². The number of phenolic OH excluding ortho intramolecular Hbond substituents is 1. The van der Waals surface area contributed by atoms with E-state index < -0.39 is 79.2 Å². The first-order valence-electron chi connectivity index (χ1n) is 27.2. The zero-order valence-electron chi connectivity index (χ0n) is 41.9. The number of aliphatic hydroxyl groups excluding tert-OH is 1. The van der Waals surface area contributed by atoms with Gasteiger partial charge in [-0.1, -0.05) is 48.6 Å². The van der Waals surface area contributed by atoms with E-state index in [1.54, 1.807) is 36.4 Å². The summed E-state index contributed by atoms with van der Waals surface area (Å²) in [5, 5.41) is 110. The third-order valence-corrected chi connectivity index (χ3v) is 24.2. The molecule has 18 aliphatic carbocycles. The van der Waals surface area contributed by atoms with Crippen molar-refractivity contribution in [2.75, 3.05) is 0 Å². The number of carbonyl (C=O) groups is 2. The van der Waals surface area contributed by atoms with Gasteiger partial charge in [-0.2, -0.15) is 19.2 Å². The lowest BCUT2D eigenvalue weighted by Crippen LogP contribution is -2.79. The van der Waals surface area contributed by atoms with Crippen LogP contribution >= 0.6 is 0 Å². The van der Waals surface area contributed by atoms with Gasteiger partial charge in [-0.15, -0.1) is 0 Å². The molecule has 4 aliphatic heterocycles. The van der Waals surface area contributed by atoms with Crippen LogP contribution in [-0.4, -0.2) is 93.1 Å². The molecule has 0 amide bonds. The van der Waals surface area contributed by atoms with E-state index in [0.717, 1.165) is 0 Å². The molecule has 4 aromatic carbocycles. The molecule has 4 aromatic rings. The summed E-state index contributed by atoms with van der Waals surface area (Å²) < 4.78 is 31.7. The molecule has 8 spiro atoms. The summed E-state index contributed by atoms with van der Waals surface area (Å²) in [6, 6.07) is 8.42. The Kier molecular flexibility index (Phi) is 5.25. The molecule has 0 aromatic heterocycles. The van der Waals surface area contributed by atoms with Gasteiger partial charge in [-0.05, 0) is 120 Å². The van der Waals surface area contributed by atoms with E-state index in [1.807, 2.05) is 54.7 Å². The zero-order chi connectivity index (χ0) is 56.3. The highest BCUT2D eigenvalue weighted by Gasteiger charge is 3.10. The predicted molar refractivity (Wildman–Crippen MR) is 272 cm³/mol. The van der Waals surface area contributed by atoms with Gasteiger partial charge in [-0.3, -0.25) is 0 Å². The van der Waals surface area contributed by atoms with Gasteiger partial charge in [-0.25, -0.2) is 9.59 Å². The van der Waals surface area contributed by atoms with Crippen molar-refractivity contribution in [2.24, 2.45) is 0 Å². The summed E-state index contributed by atoms with van der Waals surface area (Å²) in [5.74, 6) is -3.00. The van der Waals surface area contributed by atoms with Gasteiger partial charge in [0.05, 0.1) is 11.1 Å². The number of aliphatic hydroxyl groups is 5. The SMILES string of the molecule is O=C(O)C1=c2ccc3c4c2[C@]25O[C@@]26[C@]27O[C@@]28c2c(cc9c%10c2C2=C7C7=C5C1=CC1=Cc5c(O)cc%11c%12c5[C@]5(O[C@]175)C2=C1[C@]%12(O)[C@]2(O)C(=C%11)C=CC5=C2[C@@]2(O[C@]1%102)C(=C9)C=C5)C(O)=c1cc(C(=O)O)c2c(c18)[C@@]6(O)C4(O)C(=CC=3)C=2.O=C=O.O=C=O. The molecule has 18 heteroatoms. The van der Waals surface area contributed by atoms with Crippen LogP contribution in [0.1, 0.15) is 82.7 Å². The Hall–Kier alpha value is -9.52. The molecule has 12 atom stereocenters. The molecular formula is C66H24O18. The third kappa shape index (κ3) is 2.76. The van der Waals surface area contributed by atoms with Gasteiger partial charge in [0.2, 0.25) is 0 Å². The molecular weight excluding hydrogens is 1080 g/mol. The molecule has 4 heterocycles. The highest BCUT2D eigenvalue weighted by atomic mass is 16.7. The molecule has 1 saturated carbocycles. The number of aromatic carboxylic acids is 1. The number of allylic oxidation sites excluding steroid dienone is 4. The second-order valence-electron chi connectivity index (χ2n) is 25.6. The fourth-order valence-corrected chi connectivity index (χ4v) is 22.6. The summed E-state index contributed by atoms with van der Waals surface area (Å²) in [7, 11) is 0. The van der Waals surface area contributed by atoms with Crippen molar-refractivity contribution < 1.29 is 88.6 Å². The number of rotatable bonds is 2. The molecule has 18 nitrogen and oxygen atoms in total. The Bertz CT molecular complexity index is 5620. The Morgan fingerprint density at radius 3 is 2.04 bits per heavy atom. The van der Waals surface area contributed by atoms with Crippen molar-refractivity contribution in [2.45, 2.75) is 67.2 Å². The van der Waals surface area contributed by atoms with Crippen LogP contribution in [0, 0.1) is 0 Å². The second kappa shape index (κ2) is 10.4. The van der Waals surface area contributed by atoms with Crippen LogP contribution in [0.15, 0.2) is 134 Å². The number of aromatic hydroxyl groups is 1. The Labute approximate surface area is 463 Å². The largest absolute Gasteiger partial charge is 0.507 e. The minimum Gasteiger partial charge on any atom is -0.507 e. The number of carboxylic acid groups (broad SMARTS) is 2. The van der Waals surface area contributed by atoms with E-state index in [2.05, 4.69) is 0 Å². The average Bonchev–Trinajstić information content (AvgIpc) is 1.35. The number of hydrogen-bond donors (Lipinski definition) is 8. The smallest absolute Gasteiger partial charge is 0.373 e. The highest BCUT2D eigenvalue weighted by molar-refractivity contribution is 6.21. The maximum Gasteiger partial charge on any atom is 0.373 e. The Morgan fingerprint density at radius 2 is 1.26 bits per heavy atom. The number of hydrogen-bond acceptors (Lipinski definition) is 16. The highest BCUT2D eigenvalue weighted by Crippen LogP contribution is 3.00. The van der Waals surface area contributed by atoms with E-state index >= 15 is 10.2 Å². The maximum atomic E-state index is 15.3. The van der Waals surface area contributed by atoms with Gasteiger partial charge in [0, 0.05) is 94.3 Å². The molecule has 0 bridgehead atoms. The molecule has 84 heavy (non-hydrogen) atoms. The van der Waals surface area contributed by atoms with Crippen LogP contribution in [0.3, 0.4) is 0 Å². The van der Waals surface area contributed by atoms with Gasteiger partial charge in [0.1, 0.15) is 11.5 Å². The lowest BCUT2D eigenvalue weighted by atomic mass is 9.33. The second-order valence-corrected chi connectivity index (χ2v) is 25.6. The standard InChI is InChI=1S/C64H24O14.2CO2/c65-32-12-20-9-21-6-2-18-3-7-23-10-19-11-30-39-34-35-45-47-42-29(15-24-14-28(32)41-38(20)55(73)50(46(35)58(41)56(24,47)75-58)61(36(19)34)57(23,76-61)49(18)54(21,55)72)33(52(69)70)25-8-4-17-1-5-22-13-26-27(51(67)68)16-31(48(30)66)43-44(26)62(74)53(22,71)37(17)40(25)60(42)64(62,78-60)63(45)59(39,43)77-63;2*2-1-3/h1-16,65-66,71-74H,(H,67,68)(H,69,70);;/t53?,54-,55-,56+,57-,58-,59+,60+,61-,62+,63+,64-;;/m0../s1. The van der Waals surface area contributed by atoms with Gasteiger partial charge in [0.15, 0.2) is 67.2 Å². The van der Waals surface area contributed by atoms with Crippen LogP contribution in [0.4, 0.5) is 0 Å². The summed E-state index contributed by atoms with van der Waals surface area (Å²) in [4.78, 5) is 60.9. The first-order chi connectivity index (χ1) is 40.4. The molecule has 396 valence electrons. The summed E-state index contributed by atoms with van der Waals surface area (Å²) in [5.41, 5.74) is -12.3. The zero-order valence-corrected chi connectivity index (χ0v) is 41.9. The van der Waals surface area contributed by atoms with Crippen molar-refractivity contribution >= 4 is 71.5 Å². The average molecular weight is 1100 g/mol. The van der Waals surface area contributed by atoms with E-state index in [1.165, 1.54) is 6.07 Å². The Morgan fingerprint density at radius 1 is 0.524 bits per heavy atom. The molecule has 8 N–H and O–H groups in total. The number of benzene rings is 4. The third-order valence-electron chi connectivity index (χ3n) is 24.2. The van der Waals surface area contributed by atoms with Crippen LogP contribution in [0.5, 0.6) is 5.75 Å². The summed E-state index contributed by atoms with van der Waals surface area (Å²) >= 11 is 0. The fourth-order valence-electron chi connectivity index (χ4n) is 22.6. The van der Waals surface area contributed by atoms with E-state index in [0.29, 0.717) is 122 Å². The number of carbonyl (C=O) groups excluding carboxylic acids is 4. The minimum absolute atomic E-state index is 0.0361. The molecule has 22 aliphatic rings. The van der Waals surface area contributed by atoms with Crippen molar-refractivity contribution in [3.05, 3.63) is 232 Å². The first-order valence-corrected chi connectivity index (χ1v) is 27.2.